The van der Waals surface area contributed by atoms with Gasteiger partial charge in [-0.25, -0.2) is 0 Å². The molecule has 5 heteroatoms. The van der Waals surface area contributed by atoms with Gasteiger partial charge >= 0.3 is 0 Å². The van der Waals surface area contributed by atoms with Crippen LogP contribution in [0.2, 0.25) is 0 Å². The SMILES string of the molecule is CC(C)C(c1nc(-c2ccc(Br)cc2)no1)C(C)N. The minimum absolute atomic E-state index is 0.0155. The van der Waals surface area contributed by atoms with Crippen LogP contribution in [-0.4, -0.2) is 16.2 Å². The molecule has 0 aliphatic rings. The van der Waals surface area contributed by atoms with Crippen LogP contribution in [0.3, 0.4) is 0 Å². The van der Waals surface area contributed by atoms with E-state index in [1.807, 2.05) is 31.2 Å². The summed E-state index contributed by atoms with van der Waals surface area (Å²) in [5.41, 5.74) is 6.94. The van der Waals surface area contributed by atoms with Crippen LogP contribution in [0.5, 0.6) is 0 Å². The molecule has 0 spiro atoms. The van der Waals surface area contributed by atoms with Crippen molar-refractivity contribution in [1.29, 1.82) is 0 Å². The van der Waals surface area contributed by atoms with Crippen LogP contribution in [-0.2, 0) is 0 Å². The molecule has 19 heavy (non-hydrogen) atoms. The van der Waals surface area contributed by atoms with Crippen molar-refractivity contribution >= 4 is 15.9 Å². The number of hydrogen-bond acceptors (Lipinski definition) is 4. The number of benzene rings is 1. The van der Waals surface area contributed by atoms with Gasteiger partial charge in [-0.15, -0.1) is 0 Å². The normalized spacial score (nSPS) is 14.6. The highest BCUT2D eigenvalue weighted by molar-refractivity contribution is 9.10. The van der Waals surface area contributed by atoms with Crippen LogP contribution in [0.15, 0.2) is 33.3 Å². The van der Waals surface area contributed by atoms with Gasteiger partial charge < -0.3 is 10.3 Å². The van der Waals surface area contributed by atoms with Gasteiger partial charge in [0.25, 0.3) is 0 Å². The number of rotatable bonds is 4. The summed E-state index contributed by atoms with van der Waals surface area (Å²) in [6.45, 7) is 6.18. The smallest absolute Gasteiger partial charge is 0.231 e. The van der Waals surface area contributed by atoms with E-state index in [0.29, 0.717) is 17.6 Å². The second kappa shape index (κ2) is 5.84. The van der Waals surface area contributed by atoms with Gasteiger partial charge in [-0.3, -0.25) is 0 Å². The first-order chi connectivity index (χ1) is 8.99. The molecule has 2 unspecified atom stereocenters. The van der Waals surface area contributed by atoms with Crippen molar-refractivity contribution in [3.8, 4) is 11.4 Å². The zero-order chi connectivity index (χ0) is 14.0. The Morgan fingerprint density at radius 3 is 2.32 bits per heavy atom. The first-order valence-electron chi connectivity index (χ1n) is 6.34. The van der Waals surface area contributed by atoms with E-state index in [-0.39, 0.29) is 12.0 Å². The summed E-state index contributed by atoms with van der Waals surface area (Å²) in [5, 5.41) is 4.04. The Kier molecular flexibility index (Phi) is 4.37. The van der Waals surface area contributed by atoms with Crippen LogP contribution in [0.4, 0.5) is 0 Å². The van der Waals surface area contributed by atoms with Crippen LogP contribution in [0.1, 0.15) is 32.6 Å². The summed E-state index contributed by atoms with van der Waals surface area (Å²) in [5.74, 6) is 1.66. The van der Waals surface area contributed by atoms with Gasteiger partial charge in [0.15, 0.2) is 0 Å². The van der Waals surface area contributed by atoms with Gasteiger partial charge in [0.05, 0.1) is 5.92 Å². The predicted octanol–water partition coefficient (Wildman–Crippen LogP) is 3.59. The lowest BCUT2D eigenvalue weighted by atomic mass is 9.90. The highest BCUT2D eigenvalue weighted by Crippen LogP contribution is 2.28. The van der Waals surface area contributed by atoms with E-state index in [2.05, 4.69) is 39.9 Å². The first kappa shape index (κ1) is 14.2. The maximum Gasteiger partial charge on any atom is 0.231 e. The maximum absolute atomic E-state index is 6.00. The van der Waals surface area contributed by atoms with Gasteiger partial charge in [0.2, 0.25) is 11.7 Å². The molecular formula is C14H18BrN3O. The van der Waals surface area contributed by atoms with E-state index < -0.39 is 0 Å². The minimum Gasteiger partial charge on any atom is -0.339 e. The number of aromatic nitrogens is 2. The van der Waals surface area contributed by atoms with Gasteiger partial charge in [0, 0.05) is 16.1 Å². The van der Waals surface area contributed by atoms with Crippen molar-refractivity contribution in [3.05, 3.63) is 34.6 Å². The monoisotopic (exact) mass is 323 g/mol. The van der Waals surface area contributed by atoms with Crippen LogP contribution in [0.25, 0.3) is 11.4 Å². The molecule has 2 aromatic rings. The Morgan fingerprint density at radius 1 is 1.16 bits per heavy atom. The number of halogens is 1. The molecule has 2 N–H and O–H groups in total. The molecule has 2 atom stereocenters. The lowest BCUT2D eigenvalue weighted by molar-refractivity contribution is 0.300. The fraction of sp³-hybridized carbons (Fsp3) is 0.429. The fourth-order valence-corrected chi connectivity index (χ4v) is 2.47. The molecular weight excluding hydrogens is 306 g/mol. The summed E-state index contributed by atoms with van der Waals surface area (Å²) >= 11 is 3.40. The molecule has 0 aliphatic heterocycles. The maximum atomic E-state index is 6.00. The summed E-state index contributed by atoms with van der Waals surface area (Å²) < 4.78 is 6.40. The van der Waals surface area contributed by atoms with E-state index in [1.165, 1.54) is 0 Å². The molecule has 1 aromatic carbocycles. The van der Waals surface area contributed by atoms with Gasteiger partial charge in [-0.2, -0.15) is 4.98 Å². The quantitative estimate of drug-likeness (QED) is 0.933. The minimum atomic E-state index is -0.0155. The Morgan fingerprint density at radius 2 is 1.79 bits per heavy atom. The van der Waals surface area contributed by atoms with Gasteiger partial charge in [0.1, 0.15) is 0 Å². The molecule has 0 bridgehead atoms. The van der Waals surface area contributed by atoms with Crippen LogP contribution in [0, 0.1) is 5.92 Å². The molecule has 102 valence electrons. The van der Waals surface area contributed by atoms with E-state index in [1.54, 1.807) is 0 Å². The molecule has 2 rings (SSSR count). The van der Waals surface area contributed by atoms with Gasteiger partial charge in [-0.1, -0.05) is 34.9 Å². The van der Waals surface area contributed by atoms with Crippen molar-refractivity contribution < 1.29 is 4.52 Å². The zero-order valence-corrected chi connectivity index (χ0v) is 12.9. The molecule has 4 nitrogen and oxygen atoms in total. The molecule has 0 saturated heterocycles. The van der Waals surface area contributed by atoms with Crippen molar-refractivity contribution in [2.75, 3.05) is 0 Å². The molecule has 0 aliphatic carbocycles. The van der Waals surface area contributed by atoms with E-state index in [0.717, 1.165) is 10.0 Å². The highest BCUT2D eigenvalue weighted by Gasteiger charge is 2.26. The Bertz CT molecular complexity index is 526. The molecule has 1 aromatic heterocycles. The number of nitrogens with two attached hydrogens (primary N) is 1. The summed E-state index contributed by atoms with van der Waals surface area (Å²) in [7, 11) is 0. The van der Waals surface area contributed by atoms with E-state index >= 15 is 0 Å². The van der Waals surface area contributed by atoms with E-state index in [4.69, 9.17) is 10.3 Å². The topological polar surface area (TPSA) is 64.9 Å². The lowest BCUT2D eigenvalue weighted by Crippen LogP contribution is -2.28. The van der Waals surface area contributed by atoms with Crippen molar-refractivity contribution in [1.82, 2.24) is 10.1 Å². The molecule has 0 fully saturated rings. The Hall–Kier alpha value is -1.20. The summed E-state index contributed by atoms with van der Waals surface area (Å²) in [4.78, 5) is 4.48. The molecule has 0 radical (unpaired) electrons. The number of hydrogen-bond donors (Lipinski definition) is 1. The second-order valence-corrected chi connectivity index (χ2v) is 6.01. The second-order valence-electron chi connectivity index (χ2n) is 5.09. The summed E-state index contributed by atoms with van der Waals surface area (Å²) in [6, 6.07) is 7.80. The van der Waals surface area contributed by atoms with E-state index in [9.17, 15) is 0 Å². The van der Waals surface area contributed by atoms with Crippen molar-refractivity contribution in [2.45, 2.75) is 32.7 Å². The van der Waals surface area contributed by atoms with Gasteiger partial charge in [-0.05, 0) is 37.1 Å². The van der Waals surface area contributed by atoms with Crippen LogP contribution >= 0.6 is 15.9 Å². The lowest BCUT2D eigenvalue weighted by Gasteiger charge is -2.20. The Labute approximate surface area is 121 Å². The summed E-state index contributed by atoms with van der Waals surface area (Å²) in [6.07, 6.45) is 0. The molecule has 0 amide bonds. The highest BCUT2D eigenvalue weighted by atomic mass is 79.9. The molecule has 0 saturated carbocycles. The van der Waals surface area contributed by atoms with Crippen molar-refractivity contribution in [3.63, 3.8) is 0 Å². The largest absolute Gasteiger partial charge is 0.339 e. The third-order valence-electron chi connectivity index (χ3n) is 3.11. The first-order valence-corrected chi connectivity index (χ1v) is 7.13. The van der Waals surface area contributed by atoms with Crippen LogP contribution < -0.4 is 5.73 Å². The van der Waals surface area contributed by atoms with Crippen molar-refractivity contribution in [2.24, 2.45) is 11.7 Å². The Balaban J connectivity index is 2.30. The molecule has 1 heterocycles. The zero-order valence-electron chi connectivity index (χ0n) is 11.3. The fourth-order valence-electron chi connectivity index (χ4n) is 2.20. The third kappa shape index (κ3) is 3.22. The average Bonchev–Trinajstić information content (AvgIpc) is 2.78. The average molecular weight is 324 g/mol. The third-order valence-corrected chi connectivity index (χ3v) is 3.64. The number of nitrogens with zero attached hydrogens (tertiary/aromatic N) is 2. The predicted molar refractivity (Wildman–Crippen MR) is 78.7 cm³/mol. The standard InChI is InChI=1S/C14H18BrN3O/c1-8(2)12(9(3)16)14-17-13(18-19-14)10-4-6-11(15)7-5-10/h4-9,12H,16H2,1-3H3.